The number of carbonyl (C=O) groups is 1. The van der Waals surface area contributed by atoms with Gasteiger partial charge in [0.2, 0.25) is 0 Å². The van der Waals surface area contributed by atoms with Crippen LogP contribution in [0.25, 0.3) is 10.2 Å². The Bertz CT molecular complexity index is 978. The van der Waals surface area contributed by atoms with E-state index in [1.807, 2.05) is 4.57 Å². The van der Waals surface area contributed by atoms with E-state index in [1.165, 1.54) is 23.5 Å². The van der Waals surface area contributed by atoms with Gasteiger partial charge in [-0.2, -0.15) is 4.99 Å². The predicted molar refractivity (Wildman–Crippen MR) is 94.5 cm³/mol. The van der Waals surface area contributed by atoms with E-state index in [0.717, 1.165) is 10.2 Å². The number of aromatic nitrogens is 1. The Labute approximate surface area is 148 Å². The summed E-state index contributed by atoms with van der Waals surface area (Å²) in [4.78, 5) is 17.3. The molecule has 25 heavy (non-hydrogen) atoms. The lowest BCUT2D eigenvalue weighted by molar-refractivity contribution is 0.0997. The molecule has 0 N–H and O–H groups in total. The van der Waals surface area contributed by atoms with Crippen molar-refractivity contribution in [3.8, 4) is 5.75 Å². The molecule has 1 amide bonds. The van der Waals surface area contributed by atoms with Gasteiger partial charge in [-0.1, -0.05) is 17.4 Å². The second kappa shape index (κ2) is 7.58. The summed E-state index contributed by atoms with van der Waals surface area (Å²) in [5, 5.41) is 0. The van der Waals surface area contributed by atoms with Crippen LogP contribution in [0.1, 0.15) is 10.4 Å². The van der Waals surface area contributed by atoms with Crippen molar-refractivity contribution in [2.75, 3.05) is 20.8 Å². The number of ether oxygens (including phenoxy) is 2. The smallest absolute Gasteiger partial charge is 0.279 e. The number of benzene rings is 2. The van der Waals surface area contributed by atoms with Crippen molar-refractivity contribution in [3.63, 3.8) is 0 Å². The molecule has 0 fully saturated rings. The quantitative estimate of drug-likeness (QED) is 0.702. The standard InChI is InChI=1S/C18H17FN2O3S/c1-23-9-8-21-15-7-6-13(19)11-16(15)25-18(21)20-17(22)12-4-3-5-14(10-12)24-2/h3-7,10-11H,8-9H2,1-2H3. The largest absolute Gasteiger partial charge is 0.497 e. The summed E-state index contributed by atoms with van der Waals surface area (Å²) in [6.07, 6.45) is 0. The lowest BCUT2D eigenvalue weighted by atomic mass is 10.2. The van der Waals surface area contributed by atoms with Crippen LogP contribution in [0.2, 0.25) is 0 Å². The van der Waals surface area contributed by atoms with Gasteiger partial charge in [-0.05, 0) is 36.4 Å². The number of halogens is 1. The normalized spacial score (nSPS) is 11.9. The van der Waals surface area contributed by atoms with E-state index in [4.69, 9.17) is 9.47 Å². The van der Waals surface area contributed by atoms with Crippen molar-refractivity contribution in [1.82, 2.24) is 4.57 Å². The minimum absolute atomic E-state index is 0.321. The molecule has 5 nitrogen and oxygen atoms in total. The molecule has 0 aliphatic heterocycles. The molecular formula is C18H17FN2O3S. The molecule has 0 saturated heterocycles. The second-order valence-corrected chi connectivity index (χ2v) is 6.30. The lowest BCUT2D eigenvalue weighted by Crippen LogP contribution is -2.19. The van der Waals surface area contributed by atoms with Gasteiger partial charge in [0.1, 0.15) is 11.6 Å². The Hall–Kier alpha value is -2.51. The zero-order valence-corrected chi connectivity index (χ0v) is 14.7. The van der Waals surface area contributed by atoms with Gasteiger partial charge in [-0.25, -0.2) is 4.39 Å². The van der Waals surface area contributed by atoms with E-state index in [-0.39, 0.29) is 11.7 Å². The highest BCUT2D eigenvalue weighted by Crippen LogP contribution is 2.19. The molecule has 1 aromatic heterocycles. The van der Waals surface area contributed by atoms with Crippen molar-refractivity contribution in [3.05, 3.63) is 58.6 Å². The van der Waals surface area contributed by atoms with E-state index in [9.17, 15) is 9.18 Å². The minimum atomic E-state index is -0.378. The average Bonchev–Trinajstić information content (AvgIpc) is 2.95. The van der Waals surface area contributed by atoms with E-state index < -0.39 is 0 Å². The van der Waals surface area contributed by atoms with Gasteiger partial charge in [-0.3, -0.25) is 4.79 Å². The Balaban J connectivity index is 2.08. The van der Waals surface area contributed by atoms with Gasteiger partial charge in [0.25, 0.3) is 5.91 Å². The molecule has 0 unspecified atom stereocenters. The van der Waals surface area contributed by atoms with Crippen molar-refractivity contribution in [2.24, 2.45) is 4.99 Å². The Kier molecular flexibility index (Phi) is 5.25. The minimum Gasteiger partial charge on any atom is -0.497 e. The first-order chi connectivity index (χ1) is 12.1. The van der Waals surface area contributed by atoms with Crippen LogP contribution in [0, 0.1) is 5.82 Å². The number of nitrogens with zero attached hydrogens (tertiary/aromatic N) is 2. The molecule has 0 saturated carbocycles. The number of thiazole rings is 1. The first kappa shape index (κ1) is 17.3. The van der Waals surface area contributed by atoms with Crippen LogP contribution < -0.4 is 9.54 Å². The lowest BCUT2D eigenvalue weighted by Gasteiger charge is -2.04. The predicted octanol–water partition coefficient (Wildman–Crippen LogP) is 3.24. The Morgan fingerprint density at radius 2 is 2.08 bits per heavy atom. The highest BCUT2D eigenvalue weighted by Gasteiger charge is 2.10. The second-order valence-electron chi connectivity index (χ2n) is 5.29. The highest BCUT2D eigenvalue weighted by atomic mass is 32.1. The summed E-state index contributed by atoms with van der Waals surface area (Å²) >= 11 is 1.27. The molecular weight excluding hydrogens is 343 g/mol. The third kappa shape index (κ3) is 3.78. The zero-order chi connectivity index (χ0) is 17.8. The number of amides is 1. The molecule has 7 heteroatoms. The summed E-state index contributed by atoms with van der Waals surface area (Å²) in [7, 11) is 3.15. The van der Waals surface area contributed by atoms with Crippen LogP contribution in [0.3, 0.4) is 0 Å². The molecule has 0 bridgehead atoms. The first-order valence-corrected chi connectivity index (χ1v) is 8.45. The fraction of sp³-hybridized carbons (Fsp3) is 0.222. The summed E-state index contributed by atoms with van der Waals surface area (Å²) in [6, 6.07) is 11.3. The number of fused-ring (bicyclic) bond motifs is 1. The molecule has 0 atom stereocenters. The summed E-state index contributed by atoms with van der Waals surface area (Å²) in [6.45, 7) is 0.982. The zero-order valence-electron chi connectivity index (χ0n) is 13.9. The number of hydrogen-bond donors (Lipinski definition) is 0. The maximum Gasteiger partial charge on any atom is 0.279 e. The van der Waals surface area contributed by atoms with Gasteiger partial charge in [-0.15, -0.1) is 0 Å². The van der Waals surface area contributed by atoms with Gasteiger partial charge >= 0.3 is 0 Å². The molecule has 0 radical (unpaired) electrons. The third-order valence-corrected chi connectivity index (χ3v) is 4.72. The van der Waals surface area contributed by atoms with E-state index >= 15 is 0 Å². The highest BCUT2D eigenvalue weighted by molar-refractivity contribution is 7.16. The van der Waals surface area contributed by atoms with Crippen LogP contribution in [0.15, 0.2) is 47.5 Å². The molecule has 1 heterocycles. The summed E-state index contributed by atoms with van der Waals surface area (Å²) in [5.74, 6) is -0.109. The molecule has 130 valence electrons. The van der Waals surface area contributed by atoms with E-state index in [1.54, 1.807) is 44.6 Å². The van der Waals surface area contributed by atoms with Crippen LogP contribution in [0.5, 0.6) is 5.75 Å². The number of carbonyl (C=O) groups excluding carboxylic acids is 1. The fourth-order valence-electron chi connectivity index (χ4n) is 2.44. The first-order valence-electron chi connectivity index (χ1n) is 7.63. The van der Waals surface area contributed by atoms with E-state index in [0.29, 0.717) is 29.3 Å². The fourth-order valence-corrected chi connectivity index (χ4v) is 3.52. The van der Waals surface area contributed by atoms with Gasteiger partial charge in [0.15, 0.2) is 4.80 Å². The monoisotopic (exact) mass is 360 g/mol. The van der Waals surface area contributed by atoms with Crippen LogP contribution in [0.4, 0.5) is 4.39 Å². The van der Waals surface area contributed by atoms with Crippen LogP contribution in [-0.2, 0) is 11.3 Å². The number of hydrogen-bond acceptors (Lipinski definition) is 4. The average molecular weight is 360 g/mol. The number of methoxy groups -OCH3 is 2. The van der Waals surface area contributed by atoms with Crippen molar-refractivity contribution < 1.29 is 18.7 Å². The van der Waals surface area contributed by atoms with Crippen LogP contribution in [-0.4, -0.2) is 31.3 Å². The summed E-state index contributed by atoms with van der Waals surface area (Å²) in [5.41, 5.74) is 1.25. The van der Waals surface area contributed by atoms with Gasteiger partial charge in [0, 0.05) is 19.2 Å². The molecule has 3 aromatic rings. The molecule has 0 aliphatic rings. The third-order valence-electron chi connectivity index (χ3n) is 3.68. The van der Waals surface area contributed by atoms with Gasteiger partial charge in [0.05, 0.1) is 23.9 Å². The molecule has 2 aromatic carbocycles. The van der Waals surface area contributed by atoms with Crippen molar-refractivity contribution in [2.45, 2.75) is 6.54 Å². The Morgan fingerprint density at radius 3 is 2.84 bits per heavy atom. The molecule has 0 spiro atoms. The number of rotatable bonds is 5. The maximum atomic E-state index is 13.5. The Morgan fingerprint density at radius 1 is 1.24 bits per heavy atom. The summed E-state index contributed by atoms with van der Waals surface area (Å²) < 4.78 is 26.4. The molecule has 0 aliphatic carbocycles. The van der Waals surface area contributed by atoms with E-state index in [2.05, 4.69) is 4.99 Å². The van der Waals surface area contributed by atoms with Gasteiger partial charge < -0.3 is 14.0 Å². The maximum absolute atomic E-state index is 13.5. The SMILES string of the molecule is COCCn1c(=NC(=O)c2cccc(OC)c2)sc2cc(F)ccc21. The topological polar surface area (TPSA) is 52.8 Å². The van der Waals surface area contributed by atoms with Crippen LogP contribution >= 0.6 is 11.3 Å². The van der Waals surface area contributed by atoms with Crippen molar-refractivity contribution >= 4 is 27.5 Å². The molecule has 3 rings (SSSR count). The van der Waals surface area contributed by atoms with Crippen molar-refractivity contribution in [1.29, 1.82) is 0 Å².